The Labute approximate surface area is 127 Å². The van der Waals surface area contributed by atoms with Crippen LogP contribution in [0.2, 0.25) is 0 Å². The van der Waals surface area contributed by atoms with Crippen molar-refractivity contribution >= 4 is 11.9 Å². The molecule has 1 saturated heterocycles. The number of aliphatic carboxylic acids is 1. The van der Waals surface area contributed by atoms with E-state index in [4.69, 9.17) is 0 Å². The Balaban J connectivity index is 2.01. The predicted molar refractivity (Wildman–Crippen MR) is 81.0 cm³/mol. The second-order valence-electron chi connectivity index (χ2n) is 6.66. The van der Waals surface area contributed by atoms with Crippen molar-refractivity contribution in [1.82, 2.24) is 10.2 Å². The number of carboxylic acids is 1. The highest BCUT2D eigenvalue weighted by Gasteiger charge is 2.41. The van der Waals surface area contributed by atoms with Crippen molar-refractivity contribution in [2.24, 2.45) is 5.41 Å². The number of nitrogens with zero attached hydrogens (tertiary/aromatic N) is 1. The van der Waals surface area contributed by atoms with Crippen LogP contribution in [0, 0.1) is 5.41 Å². The van der Waals surface area contributed by atoms with Crippen molar-refractivity contribution in [3.8, 4) is 0 Å². The fraction of sp³-hybridized carbons (Fsp3) is 0.875. The maximum Gasteiger partial charge on any atom is 0.310 e. The third-order valence-corrected chi connectivity index (χ3v) is 5.25. The van der Waals surface area contributed by atoms with Crippen molar-refractivity contribution in [3.05, 3.63) is 0 Å². The molecule has 120 valence electrons. The Kier molecular flexibility index (Phi) is 5.62. The van der Waals surface area contributed by atoms with Gasteiger partial charge in [-0.2, -0.15) is 0 Å². The van der Waals surface area contributed by atoms with Crippen molar-refractivity contribution in [3.63, 3.8) is 0 Å². The van der Waals surface area contributed by atoms with Gasteiger partial charge in [0.2, 0.25) is 5.91 Å². The number of carbonyl (C=O) groups is 2. The van der Waals surface area contributed by atoms with E-state index in [1.165, 1.54) is 0 Å². The van der Waals surface area contributed by atoms with Gasteiger partial charge in [0.15, 0.2) is 0 Å². The van der Waals surface area contributed by atoms with Gasteiger partial charge in [-0.05, 0) is 38.8 Å². The quantitative estimate of drug-likeness (QED) is 0.779. The molecule has 0 aromatic heterocycles. The first-order chi connectivity index (χ1) is 10.1. The van der Waals surface area contributed by atoms with Crippen LogP contribution in [0.1, 0.15) is 57.8 Å². The molecule has 5 nitrogen and oxygen atoms in total. The highest BCUT2D eigenvalue weighted by molar-refractivity contribution is 5.85. The molecule has 1 saturated carbocycles. The number of piperidine rings is 1. The van der Waals surface area contributed by atoms with Gasteiger partial charge in [-0.15, -0.1) is 0 Å². The van der Waals surface area contributed by atoms with E-state index in [-0.39, 0.29) is 18.4 Å². The standard InChI is InChI=1S/C16H28N2O3/c1-18(13-6-10-17-11-7-13)14(19)12-16(15(20)21)8-4-2-3-5-9-16/h13,17H,2-12H2,1H3,(H,20,21). The molecule has 2 rings (SSSR count). The molecule has 0 radical (unpaired) electrons. The Morgan fingerprint density at radius 3 is 2.24 bits per heavy atom. The van der Waals surface area contributed by atoms with Crippen molar-refractivity contribution < 1.29 is 14.7 Å². The topological polar surface area (TPSA) is 69.6 Å². The van der Waals surface area contributed by atoms with E-state index >= 15 is 0 Å². The van der Waals surface area contributed by atoms with E-state index in [0.717, 1.165) is 51.6 Å². The van der Waals surface area contributed by atoms with Crippen LogP contribution < -0.4 is 5.32 Å². The van der Waals surface area contributed by atoms with Crippen LogP contribution in [-0.2, 0) is 9.59 Å². The molecule has 2 aliphatic rings. The first-order valence-electron chi connectivity index (χ1n) is 8.25. The van der Waals surface area contributed by atoms with Crippen LogP contribution in [0.15, 0.2) is 0 Å². The molecule has 0 unspecified atom stereocenters. The molecule has 5 heteroatoms. The lowest BCUT2D eigenvalue weighted by molar-refractivity contribution is -0.155. The molecule has 21 heavy (non-hydrogen) atoms. The summed E-state index contributed by atoms with van der Waals surface area (Å²) in [6.45, 7) is 1.87. The number of carboxylic acid groups (broad SMARTS) is 1. The van der Waals surface area contributed by atoms with Gasteiger partial charge in [0.1, 0.15) is 0 Å². The molecule has 1 aliphatic carbocycles. The normalized spacial score (nSPS) is 23.3. The Morgan fingerprint density at radius 1 is 1.14 bits per heavy atom. The van der Waals surface area contributed by atoms with E-state index in [2.05, 4.69) is 5.32 Å². The Morgan fingerprint density at radius 2 is 1.71 bits per heavy atom. The zero-order valence-electron chi connectivity index (χ0n) is 13.1. The number of hydrogen-bond acceptors (Lipinski definition) is 3. The van der Waals surface area contributed by atoms with E-state index in [1.807, 2.05) is 7.05 Å². The van der Waals surface area contributed by atoms with Crippen LogP contribution in [-0.4, -0.2) is 48.1 Å². The average Bonchev–Trinajstić information content (AvgIpc) is 2.74. The SMILES string of the molecule is CN(C(=O)CC1(C(=O)O)CCCCCC1)C1CCNCC1. The zero-order chi connectivity index (χ0) is 15.3. The molecule has 1 amide bonds. The van der Waals surface area contributed by atoms with Gasteiger partial charge in [0, 0.05) is 19.5 Å². The Hall–Kier alpha value is -1.10. The number of hydrogen-bond donors (Lipinski definition) is 2. The fourth-order valence-electron chi connectivity index (χ4n) is 3.68. The number of nitrogens with one attached hydrogen (secondary N) is 1. The third-order valence-electron chi connectivity index (χ3n) is 5.25. The number of rotatable bonds is 4. The lowest BCUT2D eigenvalue weighted by Gasteiger charge is -2.35. The largest absolute Gasteiger partial charge is 0.481 e. The zero-order valence-corrected chi connectivity index (χ0v) is 13.1. The maximum absolute atomic E-state index is 12.6. The summed E-state index contributed by atoms with van der Waals surface area (Å²) in [6, 6.07) is 0.260. The van der Waals surface area contributed by atoms with Crippen molar-refractivity contribution in [2.45, 2.75) is 63.8 Å². The molecule has 1 aliphatic heterocycles. The molecular formula is C16H28N2O3. The molecule has 0 spiro atoms. The molecular weight excluding hydrogens is 268 g/mol. The maximum atomic E-state index is 12.6. The lowest BCUT2D eigenvalue weighted by atomic mass is 9.77. The van der Waals surface area contributed by atoms with Crippen LogP contribution in [0.25, 0.3) is 0 Å². The summed E-state index contributed by atoms with van der Waals surface area (Å²) >= 11 is 0. The minimum atomic E-state index is -0.825. The van der Waals surface area contributed by atoms with E-state index < -0.39 is 11.4 Å². The first kappa shape index (κ1) is 16.3. The summed E-state index contributed by atoms with van der Waals surface area (Å²) < 4.78 is 0. The van der Waals surface area contributed by atoms with Gasteiger partial charge in [0.05, 0.1) is 5.41 Å². The van der Waals surface area contributed by atoms with Crippen LogP contribution >= 0.6 is 0 Å². The van der Waals surface area contributed by atoms with Gasteiger partial charge in [-0.1, -0.05) is 25.7 Å². The summed E-state index contributed by atoms with van der Waals surface area (Å²) in [6.07, 6.45) is 7.42. The van der Waals surface area contributed by atoms with E-state index in [1.54, 1.807) is 4.90 Å². The highest BCUT2D eigenvalue weighted by Crippen LogP contribution is 2.39. The van der Waals surface area contributed by atoms with Crippen LogP contribution in [0.4, 0.5) is 0 Å². The lowest BCUT2D eigenvalue weighted by Crippen LogP contribution is -2.46. The van der Waals surface area contributed by atoms with Gasteiger partial charge in [0.25, 0.3) is 0 Å². The van der Waals surface area contributed by atoms with E-state index in [0.29, 0.717) is 12.8 Å². The second-order valence-corrected chi connectivity index (χ2v) is 6.66. The van der Waals surface area contributed by atoms with Crippen LogP contribution in [0.3, 0.4) is 0 Å². The minimum absolute atomic E-state index is 0.00574. The van der Waals surface area contributed by atoms with Crippen LogP contribution in [0.5, 0.6) is 0 Å². The average molecular weight is 296 g/mol. The van der Waals surface area contributed by atoms with Gasteiger partial charge >= 0.3 is 5.97 Å². The Bertz CT molecular complexity index is 370. The monoisotopic (exact) mass is 296 g/mol. The molecule has 2 N–H and O–H groups in total. The van der Waals surface area contributed by atoms with E-state index in [9.17, 15) is 14.7 Å². The second kappa shape index (κ2) is 7.25. The number of carbonyl (C=O) groups excluding carboxylic acids is 1. The summed E-state index contributed by atoms with van der Waals surface area (Å²) in [7, 11) is 1.84. The third kappa shape index (κ3) is 3.96. The highest BCUT2D eigenvalue weighted by atomic mass is 16.4. The summed E-state index contributed by atoms with van der Waals surface area (Å²) in [5.74, 6) is -0.775. The first-order valence-corrected chi connectivity index (χ1v) is 8.25. The summed E-state index contributed by atoms with van der Waals surface area (Å²) in [5, 5.41) is 13.0. The van der Waals surface area contributed by atoms with Crippen molar-refractivity contribution in [1.29, 1.82) is 0 Å². The fourth-order valence-corrected chi connectivity index (χ4v) is 3.68. The predicted octanol–water partition coefficient (Wildman–Crippen LogP) is 2.01. The molecule has 0 atom stereocenters. The minimum Gasteiger partial charge on any atom is -0.481 e. The molecule has 0 bridgehead atoms. The molecule has 0 aromatic rings. The van der Waals surface area contributed by atoms with Gasteiger partial charge < -0.3 is 15.3 Å². The van der Waals surface area contributed by atoms with Gasteiger partial charge in [-0.3, -0.25) is 9.59 Å². The molecule has 1 heterocycles. The van der Waals surface area contributed by atoms with Gasteiger partial charge in [-0.25, -0.2) is 0 Å². The summed E-state index contributed by atoms with van der Waals surface area (Å²) in [4.78, 5) is 26.2. The smallest absolute Gasteiger partial charge is 0.310 e. The van der Waals surface area contributed by atoms with Crippen molar-refractivity contribution in [2.75, 3.05) is 20.1 Å². The summed E-state index contributed by atoms with van der Waals surface area (Å²) in [5.41, 5.74) is -0.825. The molecule has 2 fully saturated rings. The molecule has 0 aromatic carbocycles. The number of amides is 1.